The molecular weight excluding hydrogens is 431 g/mol. The summed E-state index contributed by atoms with van der Waals surface area (Å²) in [4.78, 5) is 17.4. The number of ether oxygens (including phenoxy) is 2. The number of hydrogen-bond acceptors (Lipinski definition) is 7. The highest BCUT2D eigenvalue weighted by Gasteiger charge is 2.32. The SMILES string of the molecule is N#Cc1cc(-c2ccc(C(F)(F)F)nc2)ccc1CO[C@@H]1COc2nc([N+](=O)[O-])cn2C1. The maximum Gasteiger partial charge on any atom is 0.433 e. The van der Waals surface area contributed by atoms with E-state index in [0.29, 0.717) is 28.8 Å². The van der Waals surface area contributed by atoms with Crippen LogP contribution in [0.3, 0.4) is 0 Å². The molecule has 0 spiro atoms. The average Bonchev–Trinajstić information content (AvgIpc) is 3.21. The van der Waals surface area contributed by atoms with Crippen LogP contribution in [0.5, 0.6) is 6.01 Å². The monoisotopic (exact) mass is 445 g/mol. The van der Waals surface area contributed by atoms with Gasteiger partial charge in [0.2, 0.25) is 0 Å². The van der Waals surface area contributed by atoms with Crippen molar-refractivity contribution in [1.29, 1.82) is 5.26 Å². The summed E-state index contributed by atoms with van der Waals surface area (Å²) in [5.41, 5.74) is 0.879. The Hall–Kier alpha value is -3.98. The van der Waals surface area contributed by atoms with Crippen molar-refractivity contribution in [3.05, 3.63) is 69.7 Å². The number of nitriles is 1. The molecular formula is C20H14F3N5O4. The first kappa shape index (κ1) is 21.3. The van der Waals surface area contributed by atoms with Gasteiger partial charge in [-0.15, -0.1) is 0 Å². The van der Waals surface area contributed by atoms with Crippen LogP contribution in [0.2, 0.25) is 0 Å². The van der Waals surface area contributed by atoms with Gasteiger partial charge < -0.3 is 19.6 Å². The zero-order chi connectivity index (χ0) is 22.9. The number of alkyl halides is 3. The topological polar surface area (TPSA) is 116 Å². The summed E-state index contributed by atoms with van der Waals surface area (Å²) in [5, 5.41) is 20.3. The van der Waals surface area contributed by atoms with Crippen molar-refractivity contribution in [3.63, 3.8) is 0 Å². The minimum absolute atomic E-state index is 0.0780. The lowest BCUT2D eigenvalue weighted by Gasteiger charge is -2.22. The quantitative estimate of drug-likeness (QED) is 0.434. The number of rotatable bonds is 5. The molecule has 0 saturated heterocycles. The number of halogens is 3. The molecule has 32 heavy (non-hydrogen) atoms. The third-order valence-corrected chi connectivity index (χ3v) is 4.81. The van der Waals surface area contributed by atoms with Crippen molar-refractivity contribution in [2.24, 2.45) is 0 Å². The van der Waals surface area contributed by atoms with Gasteiger partial charge in [-0.3, -0.25) is 9.55 Å². The van der Waals surface area contributed by atoms with Gasteiger partial charge >= 0.3 is 18.0 Å². The fraction of sp³-hybridized carbons (Fsp3) is 0.250. The molecule has 3 aromatic rings. The third kappa shape index (κ3) is 4.37. The van der Waals surface area contributed by atoms with E-state index in [1.807, 2.05) is 0 Å². The van der Waals surface area contributed by atoms with Crippen molar-refractivity contribution < 1.29 is 27.6 Å². The maximum atomic E-state index is 12.7. The number of fused-ring (bicyclic) bond motifs is 1. The zero-order valence-corrected chi connectivity index (χ0v) is 16.2. The predicted molar refractivity (Wildman–Crippen MR) is 102 cm³/mol. The smallest absolute Gasteiger partial charge is 0.433 e. The molecule has 1 atom stereocenters. The van der Waals surface area contributed by atoms with E-state index in [1.165, 1.54) is 16.8 Å². The first-order chi connectivity index (χ1) is 15.2. The van der Waals surface area contributed by atoms with Crippen molar-refractivity contribution in [2.75, 3.05) is 6.61 Å². The number of nitrogens with zero attached hydrogens (tertiary/aromatic N) is 5. The zero-order valence-electron chi connectivity index (χ0n) is 16.2. The molecule has 12 heteroatoms. The minimum atomic E-state index is -4.53. The summed E-state index contributed by atoms with van der Waals surface area (Å²) >= 11 is 0. The number of imidazole rings is 1. The molecule has 0 amide bonds. The van der Waals surface area contributed by atoms with Crippen LogP contribution < -0.4 is 4.74 Å². The predicted octanol–water partition coefficient (Wildman–Crippen LogP) is 3.72. The van der Waals surface area contributed by atoms with Crippen LogP contribution in [0.4, 0.5) is 19.0 Å². The molecule has 0 N–H and O–H groups in total. The van der Waals surface area contributed by atoms with E-state index < -0.39 is 22.9 Å². The highest BCUT2D eigenvalue weighted by Crippen LogP contribution is 2.30. The highest BCUT2D eigenvalue weighted by molar-refractivity contribution is 5.65. The highest BCUT2D eigenvalue weighted by atomic mass is 19.4. The molecule has 1 aliphatic heterocycles. The molecule has 9 nitrogen and oxygen atoms in total. The van der Waals surface area contributed by atoms with Crippen LogP contribution in [-0.2, 0) is 24.1 Å². The Morgan fingerprint density at radius 2 is 2.09 bits per heavy atom. The van der Waals surface area contributed by atoms with E-state index in [-0.39, 0.29) is 25.0 Å². The fourth-order valence-electron chi connectivity index (χ4n) is 3.19. The first-order valence-electron chi connectivity index (χ1n) is 9.27. The van der Waals surface area contributed by atoms with Crippen LogP contribution >= 0.6 is 0 Å². The van der Waals surface area contributed by atoms with Gasteiger partial charge in [-0.05, 0) is 28.2 Å². The van der Waals surface area contributed by atoms with Gasteiger partial charge in [0.25, 0.3) is 0 Å². The summed E-state index contributed by atoms with van der Waals surface area (Å²) in [6.07, 6.45) is -2.57. The number of benzene rings is 1. The minimum Gasteiger partial charge on any atom is -0.443 e. The second-order valence-corrected chi connectivity index (χ2v) is 6.95. The standard InChI is InChI=1S/C20H14F3N5O4/c21-20(22,23)17-4-3-13(7-25-17)12-1-2-14(15(5-12)6-24)10-31-16-8-27-9-18(28(29)30)26-19(27)32-11-16/h1-5,7,9,16H,8,10-11H2/t16-/m0/s1. The van der Waals surface area contributed by atoms with E-state index in [0.717, 1.165) is 12.3 Å². The maximum absolute atomic E-state index is 12.7. The summed E-state index contributed by atoms with van der Waals surface area (Å²) in [6, 6.07) is 9.26. The van der Waals surface area contributed by atoms with E-state index in [9.17, 15) is 28.5 Å². The van der Waals surface area contributed by atoms with Gasteiger partial charge in [-0.25, -0.2) is 0 Å². The summed E-state index contributed by atoms with van der Waals surface area (Å²) in [5.74, 6) is -0.319. The Kier molecular flexibility index (Phi) is 5.50. The summed E-state index contributed by atoms with van der Waals surface area (Å²) in [6.45, 7) is 0.521. The van der Waals surface area contributed by atoms with E-state index in [1.54, 1.807) is 18.2 Å². The van der Waals surface area contributed by atoms with Crippen molar-refractivity contribution >= 4 is 5.82 Å². The van der Waals surface area contributed by atoms with Gasteiger partial charge in [0.15, 0.2) is 0 Å². The van der Waals surface area contributed by atoms with Gasteiger partial charge in [-0.2, -0.15) is 18.4 Å². The molecule has 0 bridgehead atoms. The number of nitro groups is 1. The van der Waals surface area contributed by atoms with Gasteiger partial charge in [-0.1, -0.05) is 18.2 Å². The van der Waals surface area contributed by atoms with Crippen LogP contribution in [0.25, 0.3) is 11.1 Å². The molecule has 164 valence electrons. The molecule has 0 saturated carbocycles. The largest absolute Gasteiger partial charge is 0.443 e. The Bertz CT molecular complexity index is 1200. The molecule has 0 unspecified atom stereocenters. The van der Waals surface area contributed by atoms with Crippen LogP contribution in [-0.4, -0.2) is 32.2 Å². The fourth-order valence-corrected chi connectivity index (χ4v) is 3.19. The van der Waals surface area contributed by atoms with E-state index in [2.05, 4.69) is 16.0 Å². The molecule has 4 rings (SSSR count). The van der Waals surface area contributed by atoms with Crippen molar-refractivity contribution in [2.45, 2.75) is 25.4 Å². The lowest BCUT2D eigenvalue weighted by atomic mass is 10.0. The molecule has 0 radical (unpaired) electrons. The number of pyridine rings is 1. The lowest BCUT2D eigenvalue weighted by molar-refractivity contribution is -0.389. The van der Waals surface area contributed by atoms with Crippen molar-refractivity contribution in [3.8, 4) is 23.2 Å². The molecule has 1 aliphatic rings. The summed E-state index contributed by atoms with van der Waals surface area (Å²) < 4.78 is 50.7. The molecule has 3 heterocycles. The second kappa shape index (κ2) is 8.27. The number of aromatic nitrogens is 3. The lowest BCUT2D eigenvalue weighted by Crippen LogP contribution is -2.32. The summed E-state index contributed by atoms with van der Waals surface area (Å²) in [7, 11) is 0. The Balaban J connectivity index is 1.45. The average molecular weight is 445 g/mol. The Labute approximate surface area is 178 Å². The molecule has 0 fully saturated rings. The van der Waals surface area contributed by atoms with Gasteiger partial charge in [0.05, 0.1) is 24.8 Å². The number of hydrogen-bond donors (Lipinski definition) is 0. The van der Waals surface area contributed by atoms with Crippen LogP contribution in [0.15, 0.2) is 42.7 Å². The first-order valence-corrected chi connectivity index (χ1v) is 9.27. The van der Waals surface area contributed by atoms with E-state index >= 15 is 0 Å². The van der Waals surface area contributed by atoms with Gasteiger partial charge in [0.1, 0.15) is 24.6 Å². The third-order valence-electron chi connectivity index (χ3n) is 4.81. The Morgan fingerprint density at radius 3 is 2.75 bits per heavy atom. The van der Waals surface area contributed by atoms with Crippen LogP contribution in [0.1, 0.15) is 16.8 Å². The Morgan fingerprint density at radius 1 is 1.31 bits per heavy atom. The van der Waals surface area contributed by atoms with Crippen LogP contribution in [0, 0.1) is 21.4 Å². The molecule has 2 aromatic heterocycles. The van der Waals surface area contributed by atoms with E-state index in [4.69, 9.17) is 9.47 Å². The molecule has 0 aliphatic carbocycles. The van der Waals surface area contributed by atoms with Gasteiger partial charge in [0, 0.05) is 16.7 Å². The van der Waals surface area contributed by atoms with Crippen molar-refractivity contribution in [1.82, 2.24) is 14.5 Å². The normalized spacial score (nSPS) is 15.5. The second-order valence-electron chi connectivity index (χ2n) is 6.95. The molecule has 1 aromatic carbocycles.